The van der Waals surface area contributed by atoms with Crippen molar-refractivity contribution in [2.75, 3.05) is 11.9 Å². The number of carbonyl (C=O) groups excluding carboxylic acids is 1. The molecule has 0 fully saturated rings. The maximum atomic E-state index is 12.9. The van der Waals surface area contributed by atoms with Gasteiger partial charge in [-0.05, 0) is 35.4 Å². The minimum Gasteiger partial charge on any atom is -0.481 e. The molecule has 8 heteroatoms. The summed E-state index contributed by atoms with van der Waals surface area (Å²) in [7, 11) is 0. The van der Waals surface area contributed by atoms with Crippen molar-refractivity contribution < 1.29 is 9.53 Å². The molecule has 0 saturated carbocycles. The molecule has 156 valence electrons. The molecular weight excluding hydrogens is 434 g/mol. The number of aromatic amines is 1. The Labute approximate surface area is 188 Å². The first-order valence-electron chi connectivity index (χ1n) is 9.51. The molecule has 2 heterocycles. The molecule has 0 spiro atoms. The molecule has 6 nitrogen and oxygen atoms in total. The van der Waals surface area contributed by atoms with Crippen LogP contribution in [0.3, 0.4) is 0 Å². The molecule has 0 radical (unpaired) electrons. The molecule has 0 bridgehead atoms. The Bertz CT molecular complexity index is 1200. The number of benzene rings is 2. The molecule has 31 heavy (non-hydrogen) atoms. The maximum Gasteiger partial charge on any atom is 0.257 e. The summed E-state index contributed by atoms with van der Waals surface area (Å²) in [5.41, 5.74) is 2.07. The van der Waals surface area contributed by atoms with Crippen molar-refractivity contribution in [2.45, 2.75) is 23.2 Å². The monoisotopic (exact) mass is 451 g/mol. The van der Waals surface area contributed by atoms with E-state index >= 15 is 0 Å². The molecule has 1 amide bonds. The molecular formula is C23H18ClN3O3S. The van der Waals surface area contributed by atoms with E-state index in [1.165, 1.54) is 11.8 Å². The van der Waals surface area contributed by atoms with Crippen LogP contribution in [0, 0.1) is 12.3 Å². The molecule has 4 rings (SSSR count). The predicted octanol–water partition coefficient (Wildman–Crippen LogP) is 4.20. The molecule has 0 unspecified atom stereocenters. The summed E-state index contributed by atoms with van der Waals surface area (Å²) in [4.78, 5) is 32.6. The summed E-state index contributed by atoms with van der Waals surface area (Å²) in [5.74, 6) is 3.37. The summed E-state index contributed by atoms with van der Waals surface area (Å²) in [5, 5.41) is 3.85. The molecule has 2 aromatic carbocycles. The van der Waals surface area contributed by atoms with Gasteiger partial charge in [-0.1, -0.05) is 53.5 Å². The number of nitrogens with zero attached hydrogens (tertiary/aromatic N) is 1. The third-order valence-corrected chi connectivity index (χ3v) is 6.02. The van der Waals surface area contributed by atoms with Crippen LogP contribution < -0.4 is 15.6 Å². The number of thioether (sulfide) groups is 1. The van der Waals surface area contributed by atoms with E-state index in [0.29, 0.717) is 33.1 Å². The Morgan fingerprint density at radius 3 is 2.61 bits per heavy atom. The highest BCUT2D eigenvalue weighted by atomic mass is 35.5. The lowest BCUT2D eigenvalue weighted by Gasteiger charge is -2.24. The first kappa shape index (κ1) is 21.0. The highest BCUT2D eigenvalue weighted by molar-refractivity contribution is 7.98. The third-order valence-electron chi connectivity index (χ3n) is 4.82. The minimum absolute atomic E-state index is 0.166. The number of terminal acetylenes is 1. The van der Waals surface area contributed by atoms with E-state index in [-0.39, 0.29) is 24.5 Å². The lowest BCUT2D eigenvalue weighted by molar-refractivity contribution is -0.116. The van der Waals surface area contributed by atoms with E-state index in [9.17, 15) is 9.59 Å². The Morgan fingerprint density at radius 2 is 1.90 bits per heavy atom. The van der Waals surface area contributed by atoms with Gasteiger partial charge in [0, 0.05) is 23.1 Å². The van der Waals surface area contributed by atoms with Crippen molar-refractivity contribution in [3.8, 4) is 18.1 Å². The highest BCUT2D eigenvalue weighted by Gasteiger charge is 2.31. The number of carbonyl (C=O) groups is 1. The summed E-state index contributed by atoms with van der Waals surface area (Å²) in [6, 6.07) is 14.7. The Balaban J connectivity index is 1.58. The highest BCUT2D eigenvalue weighted by Crippen LogP contribution is 2.35. The van der Waals surface area contributed by atoms with Gasteiger partial charge in [0.05, 0.1) is 5.56 Å². The quantitative estimate of drug-likeness (QED) is 0.333. The van der Waals surface area contributed by atoms with Crippen LogP contribution in [-0.2, 0) is 10.5 Å². The van der Waals surface area contributed by atoms with E-state index in [1.54, 1.807) is 12.1 Å². The van der Waals surface area contributed by atoms with E-state index in [4.69, 9.17) is 22.8 Å². The number of rotatable bonds is 6. The second kappa shape index (κ2) is 9.29. The molecule has 0 saturated heterocycles. The fourth-order valence-corrected chi connectivity index (χ4v) is 4.30. The number of fused-ring (bicyclic) bond motifs is 1. The van der Waals surface area contributed by atoms with Crippen LogP contribution >= 0.6 is 23.4 Å². The van der Waals surface area contributed by atoms with Crippen molar-refractivity contribution in [3.05, 3.63) is 80.6 Å². The van der Waals surface area contributed by atoms with E-state index in [2.05, 4.69) is 21.2 Å². The van der Waals surface area contributed by atoms with Crippen molar-refractivity contribution >= 4 is 35.1 Å². The summed E-state index contributed by atoms with van der Waals surface area (Å²) in [6.45, 7) is 0.175. The van der Waals surface area contributed by atoms with E-state index in [1.807, 2.05) is 36.4 Å². The van der Waals surface area contributed by atoms with Crippen molar-refractivity contribution in [2.24, 2.45) is 0 Å². The minimum atomic E-state index is -0.392. The van der Waals surface area contributed by atoms with Gasteiger partial charge in [-0.15, -0.1) is 6.42 Å². The van der Waals surface area contributed by atoms with Crippen LogP contribution in [0.1, 0.15) is 29.0 Å². The first-order valence-corrected chi connectivity index (χ1v) is 10.9. The van der Waals surface area contributed by atoms with Crippen LogP contribution in [0.15, 0.2) is 58.5 Å². The van der Waals surface area contributed by atoms with Crippen LogP contribution in [0.5, 0.6) is 5.75 Å². The van der Waals surface area contributed by atoms with Crippen LogP contribution in [0.2, 0.25) is 5.02 Å². The van der Waals surface area contributed by atoms with Gasteiger partial charge in [-0.25, -0.2) is 4.98 Å². The number of nitrogens with one attached hydrogen (secondary N) is 2. The van der Waals surface area contributed by atoms with Gasteiger partial charge in [-0.2, -0.15) is 0 Å². The van der Waals surface area contributed by atoms with Crippen LogP contribution in [0.4, 0.5) is 5.82 Å². The average molecular weight is 452 g/mol. The molecule has 2 N–H and O–H groups in total. The van der Waals surface area contributed by atoms with Crippen molar-refractivity contribution in [3.63, 3.8) is 0 Å². The van der Waals surface area contributed by atoms with Crippen molar-refractivity contribution in [1.29, 1.82) is 0 Å². The molecule has 3 aromatic rings. The molecule has 1 aliphatic rings. The lowest BCUT2D eigenvalue weighted by atomic mass is 9.87. The Kier molecular flexibility index (Phi) is 6.31. The molecule has 1 atom stereocenters. The van der Waals surface area contributed by atoms with Gasteiger partial charge in [0.15, 0.2) is 5.16 Å². The van der Waals surface area contributed by atoms with Crippen LogP contribution in [0.25, 0.3) is 0 Å². The SMILES string of the molecule is C#CCOc1ccc([C@H]2CC(=O)Nc3nc(SCc4ccc(Cl)cc4)[nH]c(=O)c32)cc1. The van der Waals surface area contributed by atoms with Gasteiger partial charge >= 0.3 is 0 Å². The molecule has 1 aromatic heterocycles. The third kappa shape index (κ3) is 4.93. The van der Waals surface area contributed by atoms with E-state index in [0.717, 1.165) is 11.1 Å². The number of aromatic nitrogens is 2. The Hall–Kier alpha value is -3.21. The normalized spacial score (nSPS) is 15.0. The number of amides is 1. The zero-order valence-corrected chi connectivity index (χ0v) is 17.9. The standard InChI is InChI=1S/C23H18ClN3O3S/c1-2-11-30-17-9-5-15(6-10-17)18-12-19(28)25-21-20(18)22(29)27-23(26-21)31-13-14-3-7-16(24)8-4-14/h1,3-10,18H,11-13H2,(H2,25,26,27,28,29)/t18-/m1/s1. The number of halogens is 1. The van der Waals surface area contributed by atoms with Crippen LogP contribution in [-0.4, -0.2) is 22.5 Å². The largest absolute Gasteiger partial charge is 0.481 e. The number of H-pyrrole nitrogens is 1. The fourth-order valence-electron chi connectivity index (χ4n) is 3.36. The second-order valence-corrected chi connectivity index (χ2v) is 8.32. The van der Waals surface area contributed by atoms with Gasteiger partial charge in [0.1, 0.15) is 18.2 Å². The second-order valence-electron chi connectivity index (χ2n) is 6.92. The predicted molar refractivity (Wildman–Crippen MR) is 122 cm³/mol. The van der Waals surface area contributed by atoms with Crippen molar-refractivity contribution in [1.82, 2.24) is 9.97 Å². The van der Waals surface area contributed by atoms with Gasteiger partial charge in [-0.3, -0.25) is 9.59 Å². The van der Waals surface area contributed by atoms with Gasteiger partial charge in [0.2, 0.25) is 5.91 Å². The summed E-state index contributed by atoms with van der Waals surface area (Å²) in [6.07, 6.45) is 5.38. The number of ether oxygens (including phenoxy) is 1. The number of hydrogen-bond acceptors (Lipinski definition) is 5. The molecule has 1 aliphatic heterocycles. The maximum absolute atomic E-state index is 12.9. The summed E-state index contributed by atoms with van der Waals surface area (Å²) < 4.78 is 5.39. The van der Waals surface area contributed by atoms with E-state index < -0.39 is 5.92 Å². The Morgan fingerprint density at radius 1 is 1.16 bits per heavy atom. The lowest BCUT2D eigenvalue weighted by Crippen LogP contribution is -2.31. The first-order chi connectivity index (χ1) is 15.0. The summed E-state index contributed by atoms with van der Waals surface area (Å²) >= 11 is 7.30. The number of hydrogen-bond donors (Lipinski definition) is 2. The van der Waals surface area contributed by atoms with Gasteiger partial charge in [0.25, 0.3) is 5.56 Å². The number of anilines is 1. The zero-order valence-electron chi connectivity index (χ0n) is 16.4. The zero-order chi connectivity index (χ0) is 21.8. The van der Waals surface area contributed by atoms with Gasteiger partial charge < -0.3 is 15.0 Å². The topological polar surface area (TPSA) is 84.1 Å². The average Bonchev–Trinajstić information content (AvgIpc) is 2.77. The molecule has 0 aliphatic carbocycles. The fraction of sp³-hybridized carbons (Fsp3) is 0.174. The smallest absolute Gasteiger partial charge is 0.257 e.